The van der Waals surface area contributed by atoms with Gasteiger partial charge in [0.15, 0.2) is 0 Å². The summed E-state index contributed by atoms with van der Waals surface area (Å²) in [5, 5.41) is 0. The van der Waals surface area contributed by atoms with Crippen molar-refractivity contribution in [3.8, 4) is 0 Å². The van der Waals surface area contributed by atoms with E-state index < -0.39 is 0 Å². The van der Waals surface area contributed by atoms with Crippen molar-refractivity contribution in [3.05, 3.63) is 23.4 Å². The molecule has 1 heterocycles. The SMILES string of the molecule is C=C(C1=C(C)CCC1)N1CCCC1. The number of likely N-dealkylation sites (tertiary alicyclic amines) is 1. The summed E-state index contributed by atoms with van der Waals surface area (Å²) < 4.78 is 0. The topological polar surface area (TPSA) is 3.24 Å². The van der Waals surface area contributed by atoms with Gasteiger partial charge in [-0.3, -0.25) is 0 Å². The van der Waals surface area contributed by atoms with Crippen LogP contribution in [-0.2, 0) is 0 Å². The molecule has 0 unspecified atom stereocenters. The van der Waals surface area contributed by atoms with Gasteiger partial charge >= 0.3 is 0 Å². The highest BCUT2D eigenvalue weighted by Crippen LogP contribution is 2.32. The van der Waals surface area contributed by atoms with Crippen LogP contribution in [0.3, 0.4) is 0 Å². The molecule has 0 N–H and O–H groups in total. The van der Waals surface area contributed by atoms with E-state index in [0.717, 1.165) is 0 Å². The average molecular weight is 177 g/mol. The Bertz CT molecular complexity index is 244. The van der Waals surface area contributed by atoms with Crippen molar-refractivity contribution in [1.29, 1.82) is 0 Å². The fourth-order valence-electron chi connectivity index (χ4n) is 2.46. The van der Waals surface area contributed by atoms with E-state index in [1.54, 1.807) is 11.1 Å². The molecule has 1 aliphatic carbocycles. The number of nitrogens with zero attached hydrogens (tertiary/aromatic N) is 1. The van der Waals surface area contributed by atoms with Crippen molar-refractivity contribution in [2.24, 2.45) is 0 Å². The fourth-order valence-corrected chi connectivity index (χ4v) is 2.46. The third kappa shape index (κ3) is 1.65. The van der Waals surface area contributed by atoms with Crippen molar-refractivity contribution >= 4 is 0 Å². The maximum atomic E-state index is 4.24. The van der Waals surface area contributed by atoms with Crippen molar-refractivity contribution in [2.45, 2.75) is 39.0 Å². The normalized spacial score (nSPS) is 23.0. The van der Waals surface area contributed by atoms with Crippen molar-refractivity contribution in [2.75, 3.05) is 13.1 Å². The molecule has 2 aliphatic rings. The van der Waals surface area contributed by atoms with Gasteiger partial charge in [0.25, 0.3) is 0 Å². The summed E-state index contributed by atoms with van der Waals surface area (Å²) in [4.78, 5) is 2.46. The van der Waals surface area contributed by atoms with Crippen LogP contribution in [0.25, 0.3) is 0 Å². The first kappa shape index (κ1) is 8.86. The molecule has 1 aliphatic heterocycles. The predicted molar refractivity (Wildman–Crippen MR) is 56.5 cm³/mol. The third-order valence-corrected chi connectivity index (χ3v) is 3.33. The lowest BCUT2D eigenvalue weighted by Crippen LogP contribution is -2.18. The quantitative estimate of drug-likeness (QED) is 0.626. The molecule has 0 radical (unpaired) electrons. The van der Waals surface area contributed by atoms with Crippen LogP contribution in [0.15, 0.2) is 23.4 Å². The summed E-state index contributed by atoms with van der Waals surface area (Å²) in [6, 6.07) is 0. The molecule has 1 nitrogen and oxygen atoms in total. The van der Waals surface area contributed by atoms with Crippen LogP contribution in [0, 0.1) is 0 Å². The lowest BCUT2D eigenvalue weighted by Gasteiger charge is -2.22. The second kappa shape index (κ2) is 3.57. The summed E-state index contributed by atoms with van der Waals surface area (Å²) in [6.45, 7) is 8.97. The molecule has 0 spiro atoms. The molecule has 0 bridgehead atoms. The minimum absolute atomic E-state index is 1.23. The van der Waals surface area contributed by atoms with E-state index in [0.29, 0.717) is 0 Å². The van der Waals surface area contributed by atoms with Crippen LogP contribution in [0.4, 0.5) is 0 Å². The molecule has 0 aromatic rings. The molecule has 0 atom stereocenters. The maximum absolute atomic E-state index is 4.24. The van der Waals surface area contributed by atoms with Gasteiger partial charge in [0.1, 0.15) is 0 Å². The zero-order chi connectivity index (χ0) is 9.26. The van der Waals surface area contributed by atoms with Crippen LogP contribution < -0.4 is 0 Å². The number of hydrogen-bond donors (Lipinski definition) is 0. The summed E-state index contributed by atoms with van der Waals surface area (Å²) in [5.41, 5.74) is 4.46. The van der Waals surface area contributed by atoms with E-state index in [-0.39, 0.29) is 0 Å². The second-order valence-corrected chi connectivity index (χ2v) is 4.25. The van der Waals surface area contributed by atoms with Crippen molar-refractivity contribution in [3.63, 3.8) is 0 Å². The summed E-state index contributed by atoms with van der Waals surface area (Å²) >= 11 is 0. The smallest absolute Gasteiger partial charge is 0.0325 e. The largest absolute Gasteiger partial charge is 0.372 e. The molecule has 2 rings (SSSR count). The van der Waals surface area contributed by atoms with Crippen LogP contribution >= 0.6 is 0 Å². The van der Waals surface area contributed by atoms with Gasteiger partial charge in [0.05, 0.1) is 0 Å². The molecular formula is C12H19N. The van der Waals surface area contributed by atoms with Gasteiger partial charge in [0, 0.05) is 18.8 Å². The Hall–Kier alpha value is -0.720. The Kier molecular flexibility index (Phi) is 2.43. The van der Waals surface area contributed by atoms with Crippen LogP contribution in [0.2, 0.25) is 0 Å². The zero-order valence-corrected chi connectivity index (χ0v) is 8.60. The van der Waals surface area contributed by atoms with E-state index in [1.807, 2.05) is 0 Å². The average Bonchev–Trinajstić information content (AvgIpc) is 2.72. The molecule has 13 heavy (non-hydrogen) atoms. The van der Waals surface area contributed by atoms with Gasteiger partial charge in [-0.25, -0.2) is 0 Å². The van der Waals surface area contributed by atoms with E-state index in [2.05, 4.69) is 18.4 Å². The lowest BCUT2D eigenvalue weighted by molar-refractivity contribution is 0.433. The second-order valence-electron chi connectivity index (χ2n) is 4.25. The first-order valence-corrected chi connectivity index (χ1v) is 5.42. The van der Waals surface area contributed by atoms with Gasteiger partial charge in [-0.05, 0) is 44.6 Å². The number of rotatable bonds is 2. The van der Waals surface area contributed by atoms with Gasteiger partial charge in [-0.2, -0.15) is 0 Å². The summed E-state index contributed by atoms with van der Waals surface area (Å²) in [7, 11) is 0. The molecule has 0 amide bonds. The number of allylic oxidation sites excluding steroid dienone is 2. The Labute approximate surface area is 81.1 Å². The first-order valence-electron chi connectivity index (χ1n) is 5.42. The predicted octanol–water partition coefficient (Wildman–Crippen LogP) is 3.10. The Morgan fingerprint density at radius 2 is 1.85 bits per heavy atom. The van der Waals surface area contributed by atoms with Gasteiger partial charge in [-0.15, -0.1) is 0 Å². The Morgan fingerprint density at radius 1 is 1.15 bits per heavy atom. The lowest BCUT2D eigenvalue weighted by atomic mass is 10.1. The molecule has 0 aromatic carbocycles. The van der Waals surface area contributed by atoms with Crippen LogP contribution in [0.1, 0.15) is 39.0 Å². The summed E-state index contributed by atoms with van der Waals surface area (Å²) in [5.74, 6) is 0. The van der Waals surface area contributed by atoms with Gasteiger partial charge < -0.3 is 4.90 Å². The minimum Gasteiger partial charge on any atom is -0.372 e. The van der Waals surface area contributed by atoms with Crippen molar-refractivity contribution in [1.82, 2.24) is 4.90 Å². The van der Waals surface area contributed by atoms with Gasteiger partial charge in [0.2, 0.25) is 0 Å². The molecule has 1 saturated heterocycles. The molecule has 1 fully saturated rings. The molecular weight excluding hydrogens is 158 g/mol. The summed E-state index contributed by atoms with van der Waals surface area (Å²) in [6.07, 6.45) is 6.61. The zero-order valence-electron chi connectivity index (χ0n) is 8.60. The van der Waals surface area contributed by atoms with Crippen LogP contribution in [-0.4, -0.2) is 18.0 Å². The van der Waals surface area contributed by atoms with E-state index in [9.17, 15) is 0 Å². The standard InChI is InChI=1S/C12H19N/c1-10-6-5-7-12(10)11(2)13-8-3-4-9-13/h2-9H2,1H3. The van der Waals surface area contributed by atoms with Crippen LogP contribution in [0.5, 0.6) is 0 Å². The highest BCUT2D eigenvalue weighted by molar-refractivity contribution is 5.35. The highest BCUT2D eigenvalue weighted by Gasteiger charge is 2.20. The van der Waals surface area contributed by atoms with E-state index in [4.69, 9.17) is 0 Å². The fraction of sp³-hybridized carbons (Fsp3) is 0.667. The molecule has 72 valence electrons. The Balaban J connectivity index is 2.07. The number of hydrogen-bond acceptors (Lipinski definition) is 1. The minimum atomic E-state index is 1.23. The third-order valence-electron chi connectivity index (χ3n) is 3.33. The molecule has 0 saturated carbocycles. The van der Waals surface area contributed by atoms with Crippen molar-refractivity contribution < 1.29 is 0 Å². The first-order chi connectivity index (χ1) is 6.29. The van der Waals surface area contributed by atoms with Gasteiger partial charge in [-0.1, -0.05) is 12.2 Å². The maximum Gasteiger partial charge on any atom is 0.0325 e. The van der Waals surface area contributed by atoms with E-state index >= 15 is 0 Å². The van der Waals surface area contributed by atoms with E-state index in [1.165, 1.54) is 50.9 Å². The molecule has 1 heteroatoms. The monoisotopic (exact) mass is 177 g/mol. The Morgan fingerprint density at radius 3 is 2.38 bits per heavy atom. The molecule has 0 aromatic heterocycles. The highest BCUT2D eigenvalue weighted by atomic mass is 15.1.